The number of nitrogens with zero attached hydrogens (tertiary/aromatic N) is 1. The standard InChI is InChI=1S/C27H35N3O6/c1-27(2,3)36-26(33)29-15-9-10-17-30-23(24(31)28-16-18-34-4)19-11-5-7-13-21(19)35-22-14-8-6-12-20(22)25(30)32/h5-8,11-14,23H,9-10,15-18H2,1-4H3,(H,28,31)(H,29,33). The molecule has 0 aromatic heterocycles. The summed E-state index contributed by atoms with van der Waals surface area (Å²) in [6, 6.07) is 13.4. The maximum atomic E-state index is 13.7. The molecule has 1 heterocycles. The van der Waals surface area contributed by atoms with Gasteiger partial charge in [0.15, 0.2) is 0 Å². The molecule has 2 N–H and O–H groups in total. The Morgan fingerprint density at radius 1 is 0.972 bits per heavy atom. The van der Waals surface area contributed by atoms with Crippen LogP contribution in [-0.2, 0) is 14.3 Å². The summed E-state index contributed by atoms with van der Waals surface area (Å²) in [7, 11) is 1.56. The quantitative estimate of drug-likeness (QED) is 0.507. The van der Waals surface area contributed by atoms with Crippen molar-refractivity contribution in [2.45, 2.75) is 45.3 Å². The second-order valence-corrected chi connectivity index (χ2v) is 9.46. The Bertz CT molecular complexity index is 1070. The Morgan fingerprint density at radius 3 is 2.39 bits per heavy atom. The third-order valence-corrected chi connectivity index (χ3v) is 5.47. The van der Waals surface area contributed by atoms with Gasteiger partial charge in [0, 0.05) is 32.3 Å². The zero-order valence-corrected chi connectivity index (χ0v) is 21.3. The number of amides is 3. The summed E-state index contributed by atoms with van der Waals surface area (Å²) in [5.74, 6) is 0.334. The van der Waals surface area contributed by atoms with Gasteiger partial charge in [-0.2, -0.15) is 0 Å². The number of carbonyl (C=O) groups excluding carboxylic acids is 3. The molecule has 9 heteroatoms. The molecule has 0 aliphatic carbocycles. The number of hydrogen-bond acceptors (Lipinski definition) is 6. The molecular formula is C27H35N3O6. The van der Waals surface area contributed by atoms with Crippen molar-refractivity contribution in [3.8, 4) is 11.5 Å². The van der Waals surface area contributed by atoms with Crippen molar-refractivity contribution in [1.82, 2.24) is 15.5 Å². The fourth-order valence-corrected chi connectivity index (χ4v) is 3.89. The van der Waals surface area contributed by atoms with Gasteiger partial charge < -0.3 is 29.7 Å². The largest absolute Gasteiger partial charge is 0.456 e. The maximum absolute atomic E-state index is 13.7. The zero-order valence-electron chi connectivity index (χ0n) is 21.3. The first-order chi connectivity index (χ1) is 17.2. The molecule has 3 amide bonds. The Hall–Kier alpha value is -3.59. The number of hydrogen-bond donors (Lipinski definition) is 2. The van der Waals surface area contributed by atoms with Crippen LogP contribution >= 0.6 is 0 Å². The molecule has 1 unspecified atom stereocenters. The van der Waals surface area contributed by atoms with Crippen LogP contribution in [0.1, 0.15) is 55.6 Å². The predicted octanol–water partition coefficient (Wildman–Crippen LogP) is 4.04. The third-order valence-electron chi connectivity index (χ3n) is 5.47. The van der Waals surface area contributed by atoms with E-state index in [4.69, 9.17) is 14.2 Å². The number of methoxy groups -OCH3 is 1. The van der Waals surface area contributed by atoms with Crippen molar-refractivity contribution in [3.05, 3.63) is 59.7 Å². The van der Waals surface area contributed by atoms with Crippen LogP contribution in [0.5, 0.6) is 11.5 Å². The Kier molecular flexibility index (Phi) is 9.30. The van der Waals surface area contributed by atoms with Gasteiger partial charge >= 0.3 is 6.09 Å². The average Bonchev–Trinajstić information content (AvgIpc) is 2.82. The van der Waals surface area contributed by atoms with Crippen molar-refractivity contribution in [2.75, 3.05) is 33.4 Å². The van der Waals surface area contributed by atoms with Crippen molar-refractivity contribution < 1.29 is 28.6 Å². The third kappa shape index (κ3) is 7.21. The van der Waals surface area contributed by atoms with Crippen LogP contribution < -0.4 is 15.4 Å². The molecule has 36 heavy (non-hydrogen) atoms. The summed E-state index contributed by atoms with van der Waals surface area (Å²) in [6.07, 6.45) is 0.676. The molecular weight excluding hydrogens is 462 g/mol. The number of benzene rings is 2. The fourth-order valence-electron chi connectivity index (χ4n) is 3.89. The Labute approximate surface area is 212 Å². The first-order valence-corrected chi connectivity index (χ1v) is 12.1. The molecule has 2 aromatic carbocycles. The van der Waals surface area contributed by atoms with E-state index in [-0.39, 0.29) is 11.8 Å². The lowest BCUT2D eigenvalue weighted by molar-refractivity contribution is -0.126. The van der Waals surface area contributed by atoms with Crippen molar-refractivity contribution >= 4 is 17.9 Å². The van der Waals surface area contributed by atoms with Gasteiger partial charge in [-0.1, -0.05) is 30.3 Å². The van der Waals surface area contributed by atoms with Crippen LogP contribution in [0.15, 0.2) is 48.5 Å². The molecule has 0 radical (unpaired) electrons. The van der Waals surface area contributed by atoms with Gasteiger partial charge in [-0.15, -0.1) is 0 Å². The van der Waals surface area contributed by atoms with Crippen LogP contribution in [0.4, 0.5) is 4.79 Å². The fraction of sp³-hybridized carbons (Fsp3) is 0.444. The number of alkyl carbamates (subject to hydrolysis) is 1. The van der Waals surface area contributed by atoms with E-state index in [1.54, 1.807) is 69.2 Å². The number of rotatable bonds is 9. The van der Waals surface area contributed by atoms with Crippen LogP contribution in [0.2, 0.25) is 0 Å². The normalized spacial score (nSPS) is 15.1. The molecule has 3 rings (SSSR count). The Morgan fingerprint density at radius 2 is 1.67 bits per heavy atom. The number of nitrogens with one attached hydrogen (secondary N) is 2. The van der Waals surface area contributed by atoms with E-state index in [0.717, 1.165) is 0 Å². The summed E-state index contributed by atoms with van der Waals surface area (Å²) >= 11 is 0. The van der Waals surface area contributed by atoms with Crippen molar-refractivity contribution in [2.24, 2.45) is 0 Å². The van der Waals surface area contributed by atoms with Gasteiger partial charge in [-0.3, -0.25) is 9.59 Å². The van der Waals surface area contributed by atoms with Crippen LogP contribution in [0.3, 0.4) is 0 Å². The van der Waals surface area contributed by atoms with E-state index in [1.807, 2.05) is 12.1 Å². The monoisotopic (exact) mass is 497 g/mol. The molecule has 0 fully saturated rings. The molecule has 0 saturated heterocycles. The summed E-state index contributed by atoms with van der Waals surface area (Å²) < 4.78 is 16.4. The smallest absolute Gasteiger partial charge is 0.407 e. The lowest BCUT2D eigenvalue weighted by atomic mass is 9.99. The number of ether oxygens (including phenoxy) is 3. The van der Waals surface area contributed by atoms with E-state index in [2.05, 4.69) is 10.6 Å². The van der Waals surface area contributed by atoms with Gasteiger partial charge in [0.05, 0.1) is 12.2 Å². The van der Waals surface area contributed by atoms with Crippen molar-refractivity contribution in [1.29, 1.82) is 0 Å². The molecule has 1 atom stereocenters. The first-order valence-electron chi connectivity index (χ1n) is 12.1. The minimum atomic E-state index is -0.891. The van der Waals surface area contributed by atoms with Crippen LogP contribution in [-0.4, -0.2) is 61.8 Å². The van der Waals surface area contributed by atoms with Gasteiger partial charge in [-0.05, 0) is 51.8 Å². The van der Waals surface area contributed by atoms with E-state index in [0.29, 0.717) is 61.7 Å². The molecule has 2 aromatic rings. The summed E-state index contributed by atoms with van der Waals surface area (Å²) in [4.78, 5) is 40.6. The highest BCUT2D eigenvalue weighted by atomic mass is 16.6. The summed E-state index contributed by atoms with van der Waals surface area (Å²) in [6.45, 7) is 6.76. The molecule has 1 aliphatic rings. The van der Waals surface area contributed by atoms with Gasteiger partial charge in [0.1, 0.15) is 23.1 Å². The molecule has 0 spiro atoms. The van der Waals surface area contributed by atoms with Gasteiger partial charge in [0.25, 0.3) is 5.91 Å². The molecule has 1 aliphatic heterocycles. The second-order valence-electron chi connectivity index (χ2n) is 9.46. The molecule has 0 bridgehead atoms. The molecule has 0 saturated carbocycles. The number of carbonyl (C=O) groups is 3. The maximum Gasteiger partial charge on any atom is 0.407 e. The van der Waals surface area contributed by atoms with E-state index < -0.39 is 17.7 Å². The summed E-state index contributed by atoms with van der Waals surface area (Å²) in [5, 5.41) is 5.60. The highest BCUT2D eigenvalue weighted by Gasteiger charge is 2.36. The minimum Gasteiger partial charge on any atom is -0.456 e. The SMILES string of the molecule is COCCNC(=O)C1c2ccccc2Oc2ccccc2C(=O)N1CCCCNC(=O)OC(C)(C)C. The van der Waals surface area contributed by atoms with Crippen LogP contribution in [0.25, 0.3) is 0 Å². The number of unbranched alkanes of at least 4 members (excludes halogenated alkanes) is 1. The highest BCUT2D eigenvalue weighted by Crippen LogP contribution is 2.38. The number of fused-ring (bicyclic) bond motifs is 2. The second kappa shape index (κ2) is 12.4. The molecule has 9 nitrogen and oxygen atoms in total. The first kappa shape index (κ1) is 27.0. The average molecular weight is 498 g/mol. The van der Waals surface area contributed by atoms with Crippen molar-refractivity contribution in [3.63, 3.8) is 0 Å². The predicted molar refractivity (Wildman–Crippen MR) is 135 cm³/mol. The lowest BCUT2D eigenvalue weighted by Crippen LogP contribution is -2.45. The number of para-hydroxylation sites is 2. The van der Waals surface area contributed by atoms with Gasteiger partial charge in [0.2, 0.25) is 5.91 Å². The summed E-state index contributed by atoms with van der Waals surface area (Å²) in [5.41, 5.74) is 0.406. The molecule has 194 valence electrons. The minimum absolute atomic E-state index is 0.299. The van der Waals surface area contributed by atoms with E-state index >= 15 is 0 Å². The van der Waals surface area contributed by atoms with E-state index in [9.17, 15) is 14.4 Å². The lowest BCUT2D eigenvalue weighted by Gasteiger charge is -2.34. The van der Waals surface area contributed by atoms with E-state index in [1.165, 1.54) is 0 Å². The topological polar surface area (TPSA) is 106 Å². The van der Waals surface area contributed by atoms with Crippen LogP contribution in [0, 0.1) is 0 Å². The Balaban J connectivity index is 1.83. The zero-order chi connectivity index (χ0) is 26.1. The van der Waals surface area contributed by atoms with Gasteiger partial charge in [-0.25, -0.2) is 4.79 Å². The highest BCUT2D eigenvalue weighted by molar-refractivity contribution is 6.00.